The Bertz CT molecular complexity index is 372. The number of imidazole rings is 1. The van der Waals surface area contributed by atoms with E-state index < -0.39 is 0 Å². The Morgan fingerprint density at radius 2 is 2.50 bits per heavy atom. The first kappa shape index (κ1) is 11.1. The summed E-state index contributed by atoms with van der Waals surface area (Å²) in [6, 6.07) is -0.144. The summed E-state index contributed by atoms with van der Waals surface area (Å²) in [6.45, 7) is 5.58. The second-order valence-electron chi connectivity index (χ2n) is 4.60. The zero-order chi connectivity index (χ0) is 11.5. The molecule has 0 bridgehead atoms. The number of fused-ring (bicyclic) bond motifs is 1. The second kappa shape index (κ2) is 4.65. The van der Waals surface area contributed by atoms with E-state index in [1.807, 2.05) is 0 Å². The van der Waals surface area contributed by atoms with E-state index >= 15 is 0 Å². The highest BCUT2D eigenvalue weighted by Crippen LogP contribution is 2.11. The monoisotopic (exact) mass is 222 g/mol. The van der Waals surface area contributed by atoms with E-state index in [2.05, 4.69) is 34.4 Å². The van der Waals surface area contributed by atoms with Gasteiger partial charge in [0, 0.05) is 19.5 Å². The zero-order valence-corrected chi connectivity index (χ0v) is 9.71. The van der Waals surface area contributed by atoms with Gasteiger partial charge in [0.15, 0.2) is 0 Å². The number of carbonyl (C=O) groups is 1. The summed E-state index contributed by atoms with van der Waals surface area (Å²) in [5, 5.41) is 6.14. The van der Waals surface area contributed by atoms with E-state index in [4.69, 9.17) is 0 Å². The van der Waals surface area contributed by atoms with Crippen molar-refractivity contribution in [2.75, 3.05) is 6.54 Å². The van der Waals surface area contributed by atoms with Crippen LogP contribution in [-0.4, -0.2) is 28.5 Å². The van der Waals surface area contributed by atoms with E-state index in [9.17, 15) is 4.79 Å². The fraction of sp³-hybridized carbons (Fsp3) is 0.636. The Kier molecular flexibility index (Phi) is 3.24. The number of aromatic nitrogens is 2. The van der Waals surface area contributed by atoms with Gasteiger partial charge < -0.3 is 10.3 Å². The minimum absolute atomic E-state index is 0.0716. The highest BCUT2D eigenvalue weighted by Gasteiger charge is 2.25. The summed E-state index contributed by atoms with van der Waals surface area (Å²) in [5.74, 6) is 0.552. The molecule has 0 fully saturated rings. The van der Waals surface area contributed by atoms with Gasteiger partial charge in [0.1, 0.15) is 0 Å². The van der Waals surface area contributed by atoms with Crippen molar-refractivity contribution in [2.24, 2.45) is 5.92 Å². The van der Waals surface area contributed by atoms with Crippen molar-refractivity contribution in [3.05, 3.63) is 17.7 Å². The molecule has 2 rings (SSSR count). The SMILES string of the molecule is CC(C)CNC(=O)C1Cc2nc[nH]c2CN1. The molecule has 5 nitrogen and oxygen atoms in total. The molecule has 1 amide bonds. The fourth-order valence-corrected chi connectivity index (χ4v) is 1.78. The third-order valence-electron chi connectivity index (χ3n) is 2.73. The number of hydrogen-bond acceptors (Lipinski definition) is 3. The summed E-state index contributed by atoms with van der Waals surface area (Å²) in [7, 11) is 0. The van der Waals surface area contributed by atoms with Crippen LogP contribution in [0.5, 0.6) is 0 Å². The Hall–Kier alpha value is -1.36. The lowest BCUT2D eigenvalue weighted by atomic mass is 10.0. The Labute approximate surface area is 95.0 Å². The lowest BCUT2D eigenvalue weighted by Crippen LogP contribution is -2.48. The lowest BCUT2D eigenvalue weighted by Gasteiger charge is -2.22. The van der Waals surface area contributed by atoms with Crippen molar-refractivity contribution in [2.45, 2.75) is 32.9 Å². The summed E-state index contributed by atoms with van der Waals surface area (Å²) in [5.41, 5.74) is 2.09. The van der Waals surface area contributed by atoms with Crippen molar-refractivity contribution in [3.63, 3.8) is 0 Å². The standard InChI is InChI=1S/C11H18N4O/c1-7(2)4-13-11(16)9-3-8-10(5-12-9)15-6-14-8/h6-7,9,12H,3-5H2,1-2H3,(H,13,16)(H,14,15). The van der Waals surface area contributed by atoms with Crippen LogP contribution in [0.15, 0.2) is 6.33 Å². The van der Waals surface area contributed by atoms with Crippen molar-refractivity contribution >= 4 is 5.91 Å². The molecule has 0 aromatic carbocycles. The number of carbonyl (C=O) groups excluding carboxylic acids is 1. The van der Waals surface area contributed by atoms with E-state index in [1.165, 1.54) is 0 Å². The lowest BCUT2D eigenvalue weighted by molar-refractivity contribution is -0.123. The summed E-state index contributed by atoms with van der Waals surface area (Å²) in [6.07, 6.45) is 2.35. The van der Waals surface area contributed by atoms with Gasteiger partial charge in [-0.2, -0.15) is 0 Å². The highest BCUT2D eigenvalue weighted by atomic mass is 16.2. The van der Waals surface area contributed by atoms with Gasteiger partial charge in [-0.3, -0.25) is 10.1 Å². The summed E-state index contributed by atoms with van der Waals surface area (Å²) in [4.78, 5) is 19.1. The molecule has 2 heterocycles. The number of H-pyrrole nitrogens is 1. The van der Waals surface area contributed by atoms with Gasteiger partial charge in [-0.25, -0.2) is 4.98 Å². The first-order valence-electron chi connectivity index (χ1n) is 5.69. The van der Waals surface area contributed by atoms with Gasteiger partial charge in [0.05, 0.1) is 23.8 Å². The van der Waals surface area contributed by atoms with E-state index in [-0.39, 0.29) is 11.9 Å². The van der Waals surface area contributed by atoms with E-state index in [0.717, 1.165) is 17.9 Å². The number of aromatic amines is 1. The molecule has 0 saturated heterocycles. The van der Waals surface area contributed by atoms with Crippen molar-refractivity contribution < 1.29 is 4.79 Å². The molecule has 3 N–H and O–H groups in total. The Morgan fingerprint density at radius 3 is 3.25 bits per heavy atom. The molecule has 1 aromatic rings. The van der Waals surface area contributed by atoms with Crippen molar-refractivity contribution in [1.82, 2.24) is 20.6 Å². The Morgan fingerprint density at radius 1 is 1.69 bits per heavy atom. The van der Waals surface area contributed by atoms with Gasteiger partial charge in [-0.05, 0) is 5.92 Å². The smallest absolute Gasteiger partial charge is 0.237 e. The summed E-state index contributed by atoms with van der Waals surface area (Å²) >= 11 is 0. The molecule has 5 heteroatoms. The van der Waals surface area contributed by atoms with Crippen molar-refractivity contribution in [3.8, 4) is 0 Å². The molecule has 0 spiro atoms. The first-order chi connectivity index (χ1) is 7.66. The van der Waals surface area contributed by atoms with Crippen LogP contribution < -0.4 is 10.6 Å². The average molecular weight is 222 g/mol. The van der Waals surface area contributed by atoms with Gasteiger partial charge in [-0.1, -0.05) is 13.8 Å². The maximum atomic E-state index is 11.8. The van der Waals surface area contributed by atoms with E-state index in [0.29, 0.717) is 18.9 Å². The first-order valence-corrected chi connectivity index (χ1v) is 5.69. The normalized spacial score (nSPS) is 19.6. The minimum Gasteiger partial charge on any atom is -0.354 e. The molecule has 0 aliphatic carbocycles. The van der Waals surface area contributed by atoms with Gasteiger partial charge in [0.2, 0.25) is 5.91 Å². The second-order valence-corrected chi connectivity index (χ2v) is 4.60. The fourth-order valence-electron chi connectivity index (χ4n) is 1.78. The molecule has 1 aliphatic heterocycles. The molecular weight excluding hydrogens is 204 g/mol. The Balaban J connectivity index is 1.90. The molecule has 88 valence electrons. The van der Waals surface area contributed by atoms with Crippen LogP contribution in [-0.2, 0) is 17.8 Å². The molecule has 1 aromatic heterocycles. The largest absolute Gasteiger partial charge is 0.354 e. The van der Waals surface area contributed by atoms with Crippen LogP contribution in [0.1, 0.15) is 25.2 Å². The maximum Gasteiger partial charge on any atom is 0.237 e. The third-order valence-corrected chi connectivity index (χ3v) is 2.73. The summed E-state index contributed by atoms with van der Waals surface area (Å²) < 4.78 is 0. The van der Waals surface area contributed by atoms with E-state index in [1.54, 1.807) is 6.33 Å². The molecule has 0 radical (unpaired) electrons. The van der Waals surface area contributed by atoms with Crippen LogP contribution in [0.4, 0.5) is 0 Å². The quantitative estimate of drug-likeness (QED) is 0.684. The van der Waals surface area contributed by atoms with Gasteiger partial charge in [-0.15, -0.1) is 0 Å². The number of amides is 1. The molecule has 0 saturated carbocycles. The number of nitrogens with one attached hydrogen (secondary N) is 3. The molecule has 1 unspecified atom stereocenters. The van der Waals surface area contributed by atoms with Crippen molar-refractivity contribution in [1.29, 1.82) is 0 Å². The maximum absolute atomic E-state index is 11.8. The molecule has 1 aliphatic rings. The molecule has 16 heavy (non-hydrogen) atoms. The predicted octanol–water partition coefficient (Wildman–Crippen LogP) is 0.196. The molecule has 1 atom stereocenters. The average Bonchev–Trinajstić information content (AvgIpc) is 2.72. The number of nitrogens with zero attached hydrogens (tertiary/aromatic N) is 1. The predicted molar refractivity (Wildman–Crippen MR) is 60.8 cm³/mol. The minimum atomic E-state index is -0.144. The van der Waals surface area contributed by atoms with Crippen LogP contribution in [0, 0.1) is 5.92 Å². The number of rotatable bonds is 3. The number of hydrogen-bond donors (Lipinski definition) is 3. The van der Waals surface area contributed by atoms with Crippen LogP contribution in [0.25, 0.3) is 0 Å². The highest BCUT2D eigenvalue weighted by molar-refractivity contribution is 5.82. The van der Waals surface area contributed by atoms with Crippen LogP contribution in [0.3, 0.4) is 0 Å². The van der Waals surface area contributed by atoms with Crippen LogP contribution in [0.2, 0.25) is 0 Å². The molecular formula is C11H18N4O. The topological polar surface area (TPSA) is 69.8 Å². The third kappa shape index (κ3) is 2.41. The zero-order valence-electron chi connectivity index (χ0n) is 9.71. The van der Waals surface area contributed by atoms with Gasteiger partial charge >= 0.3 is 0 Å². The van der Waals surface area contributed by atoms with Crippen LogP contribution >= 0.6 is 0 Å². The van der Waals surface area contributed by atoms with Gasteiger partial charge in [0.25, 0.3) is 0 Å².